The Hall–Kier alpha value is -3.16. The van der Waals surface area contributed by atoms with Crippen molar-refractivity contribution in [3.63, 3.8) is 0 Å². The zero-order valence-electron chi connectivity index (χ0n) is 20.6. The van der Waals surface area contributed by atoms with Gasteiger partial charge in [0, 0.05) is 31.9 Å². The molecule has 0 spiro atoms. The number of nitrogens with zero attached hydrogens (tertiary/aromatic N) is 2. The second-order valence-electron chi connectivity index (χ2n) is 8.50. The molecular weight excluding hydrogens is 535 g/mol. The summed E-state index contributed by atoms with van der Waals surface area (Å²) in [6, 6.07) is 3.48. The van der Waals surface area contributed by atoms with Crippen molar-refractivity contribution in [2.45, 2.75) is 51.3 Å². The predicted octanol–water partition coefficient (Wildman–Crippen LogP) is 6.81. The van der Waals surface area contributed by atoms with Crippen molar-refractivity contribution < 1.29 is 53.8 Å². The number of ether oxygens (including phenoxy) is 2. The molecule has 5 nitrogen and oxygen atoms in total. The van der Waals surface area contributed by atoms with Crippen molar-refractivity contribution in [2.24, 2.45) is 0 Å². The first-order chi connectivity index (χ1) is 17.4. The van der Waals surface area contributed by atoms with Gasteiger partial charge in [-0.1, -0.05) is 0 Å². The lowest BCUT2D eigenvalue weighted by Crippen LogP contribution is -2.36. The maximum Gasteiger partial charge on any atom is 0.573 e. The van der Waals surface area contributed by atoms with Crippen LogP contribution in [-0.2, 0) is 28.4 Å². The largest absolute Gasteiger partial charge is 0.573 e. The van der Waals surface area contributed by atoms with Crippen LogP contribution >= 0.6 is 0 Å². The van der Waals surface area contributed by atoms with Gasteiger partial charge >= 0.3 is 18.7 Å². The maximum absolute atomic E-state index is 13.4. The van der Waals surface area contributed by atoms with E-state index in [1.165, 1.54) is 24.9 Å². The van der Waals surface area contributed by atoms with Gasteiger partial charge in [0.05, 0.1) is 11.1 Å². The fourth-order valence-corrected chi connectivity index (χ4v) is 3.75. The van der Waals surface area contributed by atoms with E-state index in [0.717, 1.165) is 12.1 Å². The highest BCUT2D eigenvalue weighted by molar-refractivity contribution is 5.56. The number of halogens is 9. The minimum Gasteiger partial charge on any atom is -0.458 e. The molecule has 14 heteroatoms. The molecule has 0 bridgehead atoms. The lowest BCUT2D eigenvalue weighted by atomic mass is 9.96. The molecule has 0 amide bonds. The molecule has 38 heavy (non-hydrogen) atoms. The molecule has 0 fully saturated rings. The fraction of sp³-hybridized carbons (Fsp3) is 0.458. The molecule has 212 valence electrons. The highest BCUT2D eigenvalue weighted by Gasteiger charge is 2.39. The molecule has 0 radical (unpaired) electrons. The van der Waals surface area contributed by atoms with E-state index in [-0.39, 0.29) is 19.1 Å². The van der Waals surface area contributed by atoms with Crippen LogP contribution in [0.5, 0.6) is 5.75 Å². The number of carbonyl (C=O) groups excluding carboxylic acids is 1. The molecule has 2 atom stereocenters. The second kappa shape index (κ2) is 11.7. The third-order valence-electron chi connectivity index (χ3n) is 5.86. The molecule has 2 aromatic carbocycles. The van der Waals surface area contributed by atoms with E-state index >= 15 is 0 Å². The molecule has 2 aromatic rings. The second-order valence-corrected chi connectivity index (χ2v) is 8.50. The van der Waals surface area contributed by atoms with Gasteiger partial charge in [-0.05, 0) is 68.4 Å². The summed E-state index contributed by atoms with van der Waals surface area (Å²) >= 11 is 0. The van der Waals surface area contributed by atoms with E-state index in [0.29, 0.717) is 29.9 Å². The Bertz CT molecular complexity index is 1070. The van der Waals surface area contributed by atoms with Crippen LogP contribution in [0.2, 0.25) is 0 Å². The summed E-state index contributed by atoms with van der Waals surface area (Å²) in [5.41, 5.74) is -2.90. The van der Waals surface area contributed by atoms with E-state index in [4.69, 9.17) is 4.74 Å². The summed E-state index contributed by atoms with van der Waals surface area (Å²) in [5.74, 6) is -0.518. The molecular formula is C24H25F9N2O3. The summed E-state index contributed by atoms with van der Waals surface area (Å²) in [5, 5.41) is 0. The van der Waals surface area contributed by atoms with E-state index in [9.17, 15) is 44.3 Å². The van der Waals surface area contributed by atoms with Crippen molar-refractivity contribution in [1.82, 2.24) is 4.90 Å². The highest BCUT2D eigenvalue weighted by atomic mass is 19.4. The van der Waals surface area contributed by atoms with Crippen molar-refractivity contribution in [3.05, 3.63) is 58.7 Å². The standard InChI is InChI=1S/C24H25F9N2O3/c1-5-34(3)20-7-6-19(38-24(31,32)33)10-16(20)12-35(4)14(2)21(37-13-36)15-8-17(22(25,26)27)11-18(9-15)23(28,29)30/h6-11,13-14,21H,5,12H2,1-4H3. The molecule has 2 rings (SSSR count). The molecule has 0 heterocycles. The third kappa shape index (κ3) is 8.17. The Kier molecular flexibility index (Phi) is 9.57. The summed E-state index contributed by atoms with van der Waals surface area (Å²) in [6.45, 7) is 3.42. The normalized spacial score (nSPS) is 14.3. The monoisotopic (exact) mass is 560 g/mol. The average molecular weight is 560 g/mol. The quantitative estimate of drug-likeness (QED) is 0.236. The van der Waals surface area contributed by atoms with Crippen LogP contribution in [0.1, 0.15) is 42.2 Å². The summed E-state index contributed by atoms with van der Waals surface area (Å²) in [4.78, 5) is 14.3. The Morgan fingerprint density at radius 3 is 1.89 bits per heavy atom. The number of hydrogen-bond acceptors (Lipinski definition) is 5. The first kappa shape index (κ1) is 31.1. The van der Waals surface area contributed by atoms with Crippen molar-refractivity contribution in [1.29, 1.82) is 0 Å². The van der Waals surface area contributed by atoms with Crippen molar-refractivity contribution in [3.8, 4) is 5.75 Å². The van der Waals surface area contributed by atoms with Crippen LogP contribution in [0.4, 0.5) is 45.2 Å². The van der Waals surface area contributed by atoms with Gasteiger partial charge < -0.3 is 14.4 Å². The summed E-state index contributed by atoms with van der Waals surface area (Å²) in [7, 11) is 3.10. The smallest absolute Gasteiger partial charge is 0.458 e. The number of likely N-dealkylation sites (N-methyl/N-ethyl adjacent to an activating group) is 1. The summed E-state index contributed by atoms with van der Waals surface area (Å²) in [6.07, 6.45) is -16.8. The maximum atomic E-state index is 13.4. The Morgan fingerprint density at radius 2 is 1.45 bits per heavy atom. The first-order valence-corrected chi connectivity index (χ1v) is 11.1. The van der Waals surface area contributed by atoms with Crippen LogP contribution in [0.15, 0.2) is 36.4 Å². The first-order valence-electron chi connectivity index (χ1n) is 11.1. The molecule has 0 saturated carbocycles. The van der Waals surface area contributed by atoms with Gasteiger partial charge in [0.25, 0.3) is 6.47 Å². The van der Waals surface area contributed by atoms with Crippen molar-refractivity contribution >= 4 is 12.2 Å². The Balaban J connectivity index is 2.51. The van der Waals surface area contributed by atoms with Crippen LogP contribution in [-0.4, -0.2) is 44.4 Å². The lowest BCUT2D eigenvalue weighted by molar-refractivity contribution is -0.274. The van der Waals surface area contributed by atoms with Gasteiger partial charge in [-0.15, -0.1) is 13.2 Å². The fourth-order valence-electron chi connectivity index (χ4n) is 3.75. The van der Waals surface area contributed by atoms with Gasteiger partial charge in [0.15, 0.2) is 0 Å². The van der Waals surface area contributed by atoms with Crippen LogP contribution < -0.4 is 9.64 Å². The van der Waals surface area contributed by atoms with E-state index < -0.39 is 53.3 Å². The third-order valence-corrected chi connectivity index (χ3v) is 5.86. The molecule has 0 N–H and O–H groups in total. The number of hydrogen-bond donors (Lipinski definition) is 0. The number of anilines is 1. The number of benzene rings is 2. The van der Waals surface area contributed by atoms with Crippen LogP contribution in [0, 0.1) is 0 Å². The highest BCUT2D eigenvalue weighted by Crippen LogP contribution is 2.39. The molecule has 2 unspecified atom stereocenters. The molecule has 0 saturated heterocycles. The van der Waals surface area contributed by atoms with Gasteiger partial charge in [-0.2, -0.15) is 26.3 Å². The minimum absolute atomic E-state index is 0.0468. The topological polar surface area (TPSA) is 42.0 Å². The zero-order valence-corrected chi connectivity index (χ0v) is 20.6. The minimum atomic E-state index is -5.12. The van der Waals surface area contributed by atoms with E-state index in [1.807, 2.05) is 0 Å². The van der Waals surface area contributed by atoms with E-state index in [2.05, 4.69) is 4.74 Å². The van der Waals surface area contributed by atoms with E-state index in [1.54, 1.807) is 18.9 Å². The van der Waals surface area contributed by atoms with Crippen LogP contribution in [0.25, 0.3) is 0 Å². The molecule has 0 aliphatic rings. The SMILES string of the molecule is CCN(C)c1ccc(OC(F)(F)F)cc1CN(C)C(C)C(OC=O)c1cc(C(F)(F)F)cc(C(F)(F)F)c1. The van der Waals surface area contributed by atoms with Crippen LogP contribution in [0.3, 0.4) is 0 Å². The molecule has 0 aliphatic carbocycles. The van der Waals surface area contributed by atoms with Gasteiger partial charge in [-0.3, -0.25) is 9.69 Å². The Labute approximate surface area is 212 Å². The lowest BCUT2D eigenvalue weighted by Gasteiger charge is -2.33. The predicted molar refractivity (Wildman–Crippen MR) is 119 cm³/mol. The van der Waals surface area contributed by atoms with Crippen molar-refractivity contribution in [2.75, 3.05) is 25.5 Å². The van der Waals surface area contributed by atoms with Gasteiger partial charge in [0.2, 0.25) is 0 Å². The average Bonchev–Trinajstić information content (AvgIpc) is 2.79. The molecule has 0 aliphatic heterocycles. The number of alkyl halides is 9. The van der Waals surface area contributed by atoms with Gasteiger partial charge in [0.1, 0.15) is 11.9 Å². The zero-order chi connectivity index (χ0) is 29.1. The van der Waals surface area contributed by atoms with Gasteiger partial charge in [-0.25, -0.2) is 0 Å². The molecule has 0 aromatic heterocycles. The Morgan fingerprint density at radius 1 is 0.895 bits per heavy atom. The number of rotatable bonds is 10. The summed E-state index contributed by atoms with van der Waals surface area (Å²) < 4.78 is 127. The number of carbonyl (C=O) groups is 1.